The minimum absolute atomic E-state index is 0.133. The van der Waals surface area contributed by atoms with Crippen molar-refractivity contribution in [3.63, 3.8) is 0 Å². The summed E-state index contributed by atoms with van der Waals surface area (Å²) in [4.78, 5) is 0. The highest BCUT2D eigenvalue weighted by Gasteiger charge is 2.15. The summed E-state index contributed by atoms with van der Waals surface area (Å²) >= 11 is 0. The van der Waals surface area contributed by atoms with Crippen molar-refractivity contribution in [2.45, 2.75) is 39.2 Å². The molecule has 1 N–H and O–H groups in total. The van der Waals surface area contributed by atoms with Crippen LogP contribution in [0.4, 0.5) is 0 Å². The molecule has 102 valence electrons. The van der Waals surface area contributed by atoms with E-state index in [9.17, 15) is 0 Å². The number of hydrogen-bond acceptors (Lipinski definition) is 3. The summed E-state index contributed by atoms with van der Waals surface area (Å²) in [5.41, 5.74) is 1.34. The SMILES string of the molecule is COc1ccc(C(C)CNC(C)(C)C)c(OC)c1. The first-order valence-corrected chi connectivity index (χ1v) is 6.34. The summed E-state index contributed by atoms with van der Waals surface area (Å²) in [6, 6.07) is 5.99. The van der Waals surface area contributed by atoms with Crippen molar-refractivity contribution in [3.8, 4) is 11.5 Å². The zero-order chi connectivity index (χ0) is 13.8. The Bertz CT molecular complexity index is 383. The average molecular weight is 251 g/mol. The Kier molecular flexibility index (Phi) is 5.03. The van der Waals surface area contributed by atoms with E-state index in [1.165, 1.54) is 5.56 Å². The van der Waals surface area contributed by atoms with Crippen LogP contribution in [-0.4, -0.2) is 26.3 Å². The van der Waals surface area contributed by atoms with Crippen LogP contribution < -0.4 is 14.8 Å². The van der Waals surface area contributed by atoms with E-state index in [1.807, 2.05) is 12.1 Å². The molecule has 1 unspecified atom stereocenters. The third-order valence-electron chi connectivity index (χ3n) is 2.91. The van der Waals surface area contributed by atoms with E-state index in [0.717, 1.165) is 18.0 Å². The van der Waals surface area contributed by atoms with Crippen LogP contribution in [-0.2, 0) is 0 Å². The Morgan fingerprint density at radius 3 is 2.33 bits per heavy atom. The zero-order valence-electron chi connectivity index (χ0n) is 12.3. The first-order valence-electron chi connectivity index (χ1n) is 6.34. The fourth-order valence-corrected chi connectivity index (χ4v) is 1.79. The van der Waals surface area contributed by atoms with Crippen LogP contribution in [0.3, 0.4) is 0 Å². The number of hydrogen-bond donors (Lipinski definition) is 1. The lowest BCUT2D eigenvalue weighted by Crippen LogP contribution is -2.38. The van der Waals surface area contributed by atoms with Crippen LogP contribution in [0.25, 0.3) is 0 Å². The number of benzene rings is 1. The summed E-state index contributed by atoms with van der Waals surface area (Å²) in [7, 11) is 3.36. The van der Waals surface area contributed by atoms with Gasteiger partial charge in [-0.3, -0.25) is 0 Å². The summed E-state index contributed by atoms with van der Waals surface area (Å²) < 4.78 is 10.6. The Morgan fingerprint density at radius 1 is 1.17 bits per heavy atom. The quantitative estimate of drug-likeness (QED) is 0.871. The lowest BCUT2D eigenvalue weighted by Gasteiger charge is -2.24. The molecule has 1 rings (SSSR count). The van der Waals surface area contributed by atoms with Crippen molar-refractivity contribution in [1.29, 1.82) is 0 Å². The van der Waals surface area contributed by atoms with Gasteiger partial charge in [0, 0.05) is 18.2 Å². The molecule has 0 aliphatic rings. The maximum atomic E-state index is 5.43. The van der Waals surface area contributed by atoms with Crippen molar-refractivity contribution < 1.29 is 9.47 Å². The lowest BCUT2D eigenvalue weighted by molar-refractivity contribution is 0.381. The van der Waals surface area contributed by atoms with E-state index < -0.39 is 0 Å². The molecular weight excluding hydrogens is 226 g/mol. The fourth-order valence-electron chi connectivity index (χ4n) is 1.79. The molecule has 0 aromatic heterocycles. The average Bonchev–Trinajstić information content (AvgIpc) is 2.34. The Balaban J connectivity index is 2.81. The van der Waals surface area contributed by atoms with Gasteiger partial charge >= 0.3 is 0 Å². The minimum atomic E-state index is 0.133. The zero-order valence-corrected chi connectivity index (χ0v) is 12.3. The van der Waals surface area contributed by atoms with Crippen molar-refractivity contribution >= 4 is 0 Å². The van der Waals surface area contributed by atoms with Gasteiger partial charge in [0.25, 0.3) is 0 Å². The molecule has 0 radical (unpaired) electrons. The van der Waals surface area contributed by atoms with Crippen LogP contribution in [0.2, 0.25) is 0 Å². The van der Waals surface area contributed by atoms with E-state index in [2.05, 4.69) is 39.1 Å². The first-order chi connectivity index (χ1) is 8.37. The Labute approximate surface area is 110 Å². The van der Waals surface area contributed by atoms with Gasteiger partial charge in [-0.25, -0.2) is 0 Å². The molecule has 1 atom stereocenters. The summed E-state index contributed by atoms with van der Waals surface area (Å²) in [6.45, 7) is 9.64. The van der Waals surface area contributed by atoms with Crippen LogP contribution >= 0.6 is 0 Å². The standard InChI is InChI=1S/C15H25NO2/c1-11(10-16-15(2,3)4)13-8-7-12(17-5)9-14(13)18-6/h7-9,11,16H,10H2,1-6H3. The molecule has 0 spiro atoms. The molecule has 18 heavy (non-hydrogen) atoms. The number of nitrogens with one attached hydrogen (secondary N) is 1. The smallest absolute Gasteiger partial charge is 0.126 e. The van der Waals surface area contributed by atoms with Crippen molar-refractivity contribution in [2.75, 3.05) is 20.8 Å². The molecule has 3 nitrogen and oxygen atoms in total. The van der Waals surface area contributed by atoms with Crippen molar-refractivity contribution in [2.24, 2.45) is 0 Å². The van der Waals surface area contributed by atoms with E-state index in [1.54, 1.807) is 14.2 Å². The third-order valence-corrected chi connectivity index (χ3v) is 2.91. The van der Waals surface area contributed by atoms with Crippen LogP contribution in [0, 0.1) is 0 Å². The number of rotatable bonds is 5. The maximum Gasteiger partial charge on any atom is 0.126 e. The first kappa shape index (κ1) is 14.8. The van der Waals surface area contributed by atoms with E-state index in [-0.39, 0.29) is 5.54 Å². The number of methoxy groups -OCH3 is 2. The monoisotopic (exact) mass is 251 g/mol. The molecule has 0 saturated carbocycles. The minimum Gasteiger partial charge on any atom is -0.497 e. The molecule has 0 fully saturated rings. The molecule has 1 aromatic carbocycles. The predicted octanol–water partition coefficient (Wildman–Crippen LogP) is 3.20. The number of ether oxygens (including phenoxy) is 2. The molecule has 0 aliphatic heterocycles. The van der Waals surface area contributed by atoms with Gasteiger partial charge in [-0.15, -0.1) is 0 Å². The molecule has 0 heterocycles. The summed E-state index contributed by atoms with van der Waals surface area (Å²) in [5, 5.41) is 3.51. The van der Waals surface area contributed by atoms with Gasteiger partial charge in [0.1, 0.15) is 11.5 Å². The predicted molar refractivity (Wildman–Crippen MR) is 75.7 cm³/mol. The molecule has 0 bridgehead atoms. The van der Waals surface area contributed by atoms with Gasteiger partial charge in [0.05, 0.1) is 14.2 Å². The van der Waals surface area contributed by atoms with E-state index >= 15 is 0 Å². The Morgan fingerprint density at radius 2 is 1.83 bits per heavy atom. The van der Waals surface area contributed by atoms with Gasteiger partial charge in [-0.05, 0) is 38.3 Å². The highest BCUT2D eigenvalue weighted by atomic mass is 16.5. The van der Waals surface area contributed by atoms with Gasteiger partial charge in [-0.2, -0.15) is 0 Å². The highest BCUT2D eigenvalue weighted by Crippen LogP contribution is 2.30. The molecule has 0 amide bonds. The molecule has 0 saturated heterocycles. The second-order valence-corrected chi connectivity index (χ2v) is 5.64. The van der Waals surface area contributed by atoms with E-state index in [0.29, 0.717) is 5.92 Å². The fraction of sp³-hybridized carbons (Fsp3) is 0.600. The molecule has 0 aliphatic carbocycles. The molecular formula is C15H25NO2. The van der Waals surface area contributed by atoms with Gasteiger partial charge < -0.3 is 14.8 Å². The second-order valence-electron chi connectivity index (χ2n) is 5.64. The van der Waals surface area contributed by atoms with Crippen molar-refractivity contribution in [3.05, 3.63) is 23.8 Å². The Hall–Kier alpha value is -1.22. The second kappa shape index (κ2) is 6.10. The third kappa shape index (κ3) is 4.22. The van der Waals surface area contributed by atoms with E-state index in [4.69, 9.17) is 9.47 Å². The van der Waals surface area contributed by atoms with Crippen molar-refractivity contribution in [1.82, 2.24) is 5.32 Å². The topological polar surface area (TPSA) is 30.5 Å². The highest BCUT2D eigenvalue weighted by molar-refractivity contribution is 5.42. The summed E-state index contributed by atoms with van der Waals surface area (Å²) in [5.74, 6) is 2.11. The lowest BCUT2D eigenvalue weighted by atomic mass is 9.98. The largest absolute Gasteiger partial charge is 0.497 e. The van der Waals surface area contributed by atoms with Crippen LogP contribution in [0.5, 0.6) is 11.5 Å². The van der Waals surface area contributed by atoms with Gasteiger partial charge in [-0.1, -0.05) is 13.0 Å². The molecule has 1 aromatic rings. The maximum absolute atomic E-state index is 5.43. The van der Waals surface area contributed by atoms with Crippen LogP contribution in [0.15, 0.2) is 18.2 Å². The van der Waals surface area contributed by atoms with Gasteiger partial charge in [0.2, 0.25) is 0 Å². The van der Waals surface area contributed by atoms with Crippen LogP contribution in [0.1, 0.15) is 39.2 Å². The normalized spacial score (nSPS) is 13.2. The molecule has 3 heteroatoms. The summed E-state index contributed by atoms with van der Waals surface area (Å²) in [6.07, 6.45) is 0. The van der Waals surface area contributed by atoms with Gasteiger partial charge in [0.15, 0.2) is 0 Å².